The molecule has 23 heavy (non-hydrogen) atoms. The number of piperidine rings is 2. The Morgan fingerprint density at radius 3 is 2.35 bits per heavy atom. The molecule has 3 atom stereocenters. The van der Waals surface area contributed by atoms with Crippen LogP contribution in [0.3, 0.4) is 0 Å². The Labute approximate surface area is 144 Å². The van der Waals surface area contributed by atoms with Crippen LogP contribution in [0, 0.1) is 5.92 Å². The highest BCUT2D eigenvalue weighted by Gasteiger charge is 2.38. The minimum Gasteiger partial charge on any atom is -0.340 e. The summed E-state index contributed by atoms with van der Waals surface area (Å²) in [6.45, 7) is 7.24. The Balaban J connectivity index is 1.51. The zero-order valence-corrected chi connectivity index (χ0v) is 14.8. The first-order chi connectivity index (χ1) is 11.1. The highest BCUT2D eigenvalue weighted by atomic mass is 35.5. The predicted octanol–water partition coefficient (Wildman–Crippen LogP) is -0.621. The Morgan fingerprint density at radius 2 is 1.74 bits per heavy atom. The molecule has 3 heterocycles. The predicted molar refractivity (Wildman–Crippen MR) is 92.6 cm³/mol. The minimum atomic E-state index is 0.0589. The number of piperazine rings is 1. The van der Waals surface area contributed by atoms with Crippen LogP contribution in [-0.2, 0) is 4.79 Å². The van der Waals surface area contributed by atoms with Gasteiger partial charge in [0.05, 0.1) is 5.38 Å². The molecule has 132 valence electrons. The van der Waals surface area contributed by atoms with Crippen molar-refractivity contribution in [3.05, 3.63) is 0 Å². The van der Waals surface area contributed by atoms with Crippen LogP contribution < -0.4 is 11.1 Å². The lowest BCUT2D eigenvalue weighted by Gasteiger charge is -2.45. The molecule has 0 radical (unpaired) electrons. The lowest BCUT2D eigenvalue weighted by molar-refractivity contribution is -0.139. The van der Waals surface area contributed by atoms with Gasteiger partial charge in [0.1, 0.15) is 0 Å². The summed E-state index contributed by atoms with van der Waals surface area (Å²) in [5.41, 5.74) is 6.26. The highest BCUT2D eigenvalue weighted by Crippen LogP contribution is 2.25. The molecule has 7 heteroatoms. The molecular weight excluding hydrogens is 314 g/mol. The molecule has 0 aromatic carbocycles. The van der Waals surface area contributed by atoms with E-state index in [0.717, 1.165) is 65.2 Å². The molecule has 0 aromatic heterocycles. The molecule has 1 amide bonds. The van der Waals surface area contributed by atoms with Crippen LogP contribution in [0.4, 0.5) is 0 Å². The lowest BCUT2D eigenvalue weighted by atomic mass is 9.91. The average Bonchev–Trinajstić information content (AvgIpc) is 2.55. The van der Waals surface area contributed by atoms with Crippen LogP contribution >= 0.6 is 11.6 Å². The number of likely N-dealkylation sites (N-methyl/N-ethyl adjacent to an activating group) is 1. The van der Waals surface area contributed by atoms with Crippen LogP contribution in [-0.4, -0.2) is 97.5 Å². The third-order valence-corrected chi connectivity index (χ3v) is 6.06. The van der Waals surface area contributed by atoms with Gasteiger partial charge >= 0.3 is 0 Å². The molecular formula is C16H30ClN5O. The lowest BCUT2D eigenvalue weighted by Crippen LogP contribution is -2.63. The fourth-order valence-corrected chi connectivity index (χ4v) is 4.58. The smallest absolute Gasteiger partial charge is 0.225 e. The maximum atomic E-state index is 12.7. The van der Waals surface area contributed by atoms with Crippen molar-refractivity contribution in [3.8, 4) is 0 Å². The van der Waals surface area contributed by atoms with Gasteiger partial charge < -0.3 is 20.9 Å². The second-order valence-corrected chi connectivity index (χ2v) is 7.83. The quantitative estimate of drug-likeness (QED) is 0.654. The van der Waals surface area contributed by atoms with Gasteiger partial charge in [-0.05, 0) is 33.0 Å². The van der Waals surface area contributed by atoms with Crippen molar-refractivity contribution in [2.24, 2.45) is 11.7 Å². The van der Waals surface area contributed by atoms with E-state index in [1.807, 2.05) is 0 Å². The maximum Gasteiger partial charge on any atom is 0.225 e. The summed E-state index contributed by atoms with van der Waals surface area (Å²) in [5, 5.41) is 3.34. The van der Waals surface area contributed by atoms with Crippen molar-refractivity contribution < 1.29 is 4.79 Å². The summed E-state index contributed by atoms with van der Waals surface area (Å²) in [7, 11) is 2.12. The Kier molecular flexibility index (Phi) is 5.80. The molecule has 3 fully saturated rings. The normalized spacial score (nSPS) is 35.4. The van der Waals surface area contributed by atoms with E-state index < -0.39 is 0 Å². The SMILES string of the molecule is CN1CCN(C(=O)C2CCN(C3C(N)CNCC3Cl)CC2)CC1. The third kappa shape index (κ3) is 3.99. The van der Waals surface area contributed by atoms with Gasteiger partial charge in [0.15, 0.2) is 0 Å². The molecule has 3 aliphatic rings. The van der Waals surface area contributed by atoms with E-state index in [0.29, 0.717) is 5.91 Å². The molecule has 0 bridgehead atoms. The molecule has 3 N–H and O–H groups in total. The highest BCUT2D eigenvalue weighted by molar-refractivity contribution is 6.21. The monoisotopic (exact) mass is 343 g/mol. The van der Waals surface area contributed by atoms with Gasteiger partial charge in [-0.25, -0.2) is 0 Å². The van der Waals surface area contributed by atoms with E-state index in [9.17, 15) is 4.79 Å². The fraction of sp³-hybridized carbons (Fsp3) is 0.938. The number of hydrogen-bond acceptors (Lipinski definition) is 5. The summed E-state index contributed by atoms with van der Waals surface area (Å²) in [6.07, 6.45) is 1.87. The van der Waals surface area contributed by atoms with E-state index in [1.165, 1.54) is 0 Å². The number of halogens is 1. The van der Waals surface area contributed by atoms with Gasteiger partial charge in [-0.1, -0.05) is 0 Å². The number of nitrogens with zero attached hydrogens (tertiary/aromatic N) is 3. The van der Waals surface area contributed by atoms with Gasteiger partial charge in [0.2, 0.25) is 5.91 Å². The van der Waals surface area contributed by atoms with Crippen molar-refractivity contribution in [1.29, 1.82) is 0 Å². The number of carbonyl (C=O) groups is 1. The number of alkyl halides is 1. The van der Waals surface area contributed by atoms with E-state index in [1.54, 1.807) is 0 Å². The van der Waals surface area contributed by atoms with E-state index in [2.05, 4.69) is 27.1 Å². The van der Waals surface area contributed by atoms with Crippen LogP contribution in [0.25, 0.3) is 0 Å². The second-order valence-electron chi connectivity index (χ2n) is 7.27. The van der Waals surface area contributed by atoms with Crippen molar-refractivity contribution in [2.45, 2.75) is 30.3 Å². The van der Waals surface area contributed by atoms with Crippen LogP contribution in [0.5, 0.6) is 0 Å². The fourth-order valence-electron chi connectivity index (χ4n) is 4.13. The molecule has 0 saturated carbocycles. The minimum absolute atomic E-state index is 0.0589. The summed E-state index contributed by atoms with van der Waals surface area (Å²) >= 11 is 6.48. The zero-order chi connectivity index (χ0) is 16.4. The summed E-state index contributed by atoms with van der Waals surface area (Å²) < 4.78 is 0. The van der Waals surface area contributed by atoms with Gasteiger partial charge in [-0.2, -0.15) is 0 Å². The van der Waals surface area contributed by atoms with Crippen molar-refractivity contribution in [3.63, 3.8) is 0 Å². The summed E-state index contributed by atoms with van der Waals surface area (Å²) in [4.78, 5) is 19.5. The molecule has 0 aromatic rings. The van der Waals surface area contributed by atoms with Gasteiger partial charge in [0, 0.05) is 57.3 Å². The molecule has 0 spiro atoms. The number of likely N-dealkylation sites (tertiary alicyclic amines) is 1. The maximum absolute atomic E-state index is 12.7. The van der Waals surface area contributed by atoms with Crippen LogP contribution in [0.2, 0.25) is 0 Å². The first-order valence-electron chi connectivity index (χ1n) is 8.88. The second kappa shape index (κ2) is 7.66. The molecule has 3 rings (SSSR count). The third-order valence-electron chi connectivity index (χ3n) is 5.64. The largest absolute Gasteiger partial charge is 0.340 e. The Morgan fingerprint density at radius 1 is 1.09 bits per heavy atom. The van der Waals surface area contributed by atoms with Crippen molar-refractivity contribution in [2.75, 3.05) is 59.4 Å². The number of carbonyl (C=O) groups excluding carboxylic acids is 1. The molecule has 3 unspecified atom stereocenters. The Hall–Kier alpha value is -0.400. The first-order valence-corrected chi connectivity index (χ1v) is 9.31. The number of hydrogen-bond donors (Lipinski definition) is 2. The van der Waals surface area contributed by atoms with E-state index in [4.69, 9.17) is 17.3 Å². The average molecular weight is 344 g/mol. The van der Waals surface area contributed by atoms with Crippen molar-refractivity contribution in [1.82, 2.24) is 20.0 Å². The number of rotatable bonds is 2. The molecule has 0 aliphatic carbocycles. The standard InChI is InChI=1S/C16H30ClN5O/c1-20-6-8-22(9-7-20)16(23)12-2-4-21(5-3-12)15-13(17)10-19-11-14(15)18/h12-15,19H,2-11,18H2,1H3. The number of nitrogens with two attached hydrogens (primary N) is 1. The molecule has 3 saturated heterocycles. The summed E-state index contributed by atoms with van der Waals surface area (Å²) in [6, 6.07) is 0.314. The van der Waals surface area contributed by atoms with Gasteiger partial charge in [-0.3, -0.25) is 9.69 Å². The van der Waals surface area contributed by atoms with Crippen LogP contribution in [0.15, 0.2) is 0 Å². The topological polar surface area (TPSA) is 64.8 Å². The van der Waals surface area contributed by atoms with Gasteiger partial charge in [0.25, 0.3) is 0 Å². The number of amides is 1. The van der Waals surface area contributed by atoms with E-state index in [-0.39, 0.29) is 23.4 Å². The zero-order valence-electron chi connectivity index (χ0n) is 14.1. The van der Waals surface area contributed by atoms with E-state index >= 15 is 0 Å². The van der Waals surface area contributed by atoms with Crippen molar-refractivity contribution >= 4 is 17.5 Å². The van der Waals surface area contributed by atoms with Gasteiger partial charge in [-0.15, -0.1) is 11.6 Å². The number of nitrogens with one attached hydrogen (secondary N) is 1. The summed E-state index contributed by atoms with van der Waals surface area (Å²) in [5.74, 6) is 0.538. The Bertz CT molecular complexity index is 397. The van der Waals surface area contributed by atoms with Crippen LogP contribution in [0.1, 0.15) is 12.8 Å². The first kappa shape index (κ1) is 17.4. The molecule has 3 aliphatic heterocycles. The molecule has 6 nitrogen and oxygen atoms in total.